The summed E-state index contributed by atoms with van der Waals surface area (Å²) in [6.45, 7) is 5.52. The number of nitrogens with zero attached hydrogens (tertiary/aromatic N) is 2. The number of amides is 1. The number of likely N-dealkylation sites (tertiary alicyclic amines) is 1. The average Bonchev–Trinajstić information content (AvgIpc) is 3.07. The van der Waals surface area contributed by atoms with Crippen LogP contribution in [0, 0.1) is 5.92 Å². The molecule has 1 amide bonds. The van der Waals surface area contributed by atoms with E-state index < -0.39 is 0 Å². The van der Waals surface area contributed by atoms with Crippen LogP contribution < -0.4 is 10.6 Å². The fraction of sp³-hybridized carbons (Fsp3) is 0.889. The Hall–Kier alpha value is -0.910. The van der Waals surface area contributed by atoms with Crippen molar-refractivity contribution >= 4 is 23.6 Å². The van der Waals surface area contributed by atoms with Crippen LogP contribution in [0.4, 0.5) is 0 Å². The number of rotatable bonds is 7. The molecule has 24 heavy (non-hydrogen) atoms. The second-order valence-electron chi connectivity index (χ2n) is 6.86. The number of carbonyl (C=O) groups is 1. The molecule has 0 radical (unpaired) electrons. The van der Waals surface area contributed by atoms with Crippen molar-refractivity contribution in [3.8, 4) is 0 Å². The lowest BCUT2D eigenvalue weighted by Gasteiger charge is -2.26. The van der Waals surface area contributed by atoms with Crippen LogP contribution in [0.5, 0.6) is 0 Å². The number of carbonyl (C=O) groups excluding carboxylic acids is 1. The van der Waals surface area contributed by atoms with Gasteiger partial charge in [0.1, 0.15) is 0 Å². The van der Waals surface area contributed by atoms with Crippen molar-refractivity contribution < 1.29 is 4.79 Å². The Labute approximate surface area is 151 Å². The number of nitrogens with one attached hydrogen (secondary N) is 2. The first-order chi connectivity index (χ1) is 11.7. The molecule has 1 saturated carbocycles. The quantitative estimate of drug-likeness (QED) is 0.419. The molecule has 1 aliphatic carbocycles. The molecule has 1 saturated heterocycles. The molecule has 0 bridgehead atoms. The normalized spacial score (nSPS) is 22.7. The highest BCUT2D eigenvalue weighted by Gasteiger charge is 2.31. The first-order valence-electron chi connectivity index (χ1n) is 9.57. The minimum Gasteiger partial charge on any atom is -0.357 e. The molecule has 0 aromatic rings. The van der Waals surface area contributed by atoms with Crippen molar-refractivity contribution in [2.24, 2.45) is 10.9 Å². The summed E-state index contributed by atoms with van der Waals surface area (Å²) < 4.78 is 0. The summed E-state index contributed by atoms with van der Waals surface area (Å²) in [5.41, 5.74) is 0. The van der Waals surface area contributed by atoms with Crippen LogP contribution in [-0.4, -0.2) is 61.0 Å². The Morgan fingerprint density at radius 2 is 2.04 bits per heavy atom. The minimum absolute atomic E-state index is 0.283. The molecular weight excluding hydrogens is 320 g/mol. The SMILES string of the molecule is CCNC(=NCCCSC)NC1CCN(C(=O)C2CCCCC2)C1. The number of hydrogen-bond acceptors (Lipinski definition) is 3. The van der Waals surface area contributed by atoms with Gasteiger partial charge in [-0.2, -0.15) is 11.8 Å². The monoisotopic (exact) mass is 354 g/mol. The van der Waals surface area contributed by atoms with Crippen LogP contribution in [0.3, 0.4) is 0 Å². The molecule has 2 fully saturated rings. The van der Waals surface area contributed by atoms with E-state index in [1.165, 1.54) is 19.3 Å². The van der Waals surface area contributed by atoms with Gasteiger partial charge >= 0.3 is 0 Å². The van der Waals surface area contributed by atoms with Gasteiger partial charge in [0, 0.05) is 38.1 Å². The largest absolute Gasteiger partial charge is 0.357 e. The lowest BCUT2D eigenvalue weighted by molar-refractivity contribution is -0.135. The summed E-state index contributed by atoms with van der Waals surface area (Å²) in [5, 5.41) is 6.84. The summed E-state index contributed by atoms with van der Waals surface area (Å²) >= 11 is 1.86. The minimum atomic E-state index is 0.283. The number of thioether (sulfide) groups is 1. The van der Waals surface area contributed by atoms with E-state index in [4.69, 9.17) is 0 Å². The van der Waals surface area contributed by atoms with E-state index in [9.17, 15) is 4.79 Å². The number of guanidine groups is 1. The maximum Gasteiger partial charge on any atom is 0.225 e. The standard InChI is InChI=1S/C18H34N4OS/c1-3-19-18(20-11-7-13-24-2)21-16-10-12-22(14-16)17(23)15-8-5-4-6-9-15/h15-16H,3-14H2,1-2H3,(H2,19,20,21). The summed E-state index contributed by atoms with van der Waals surface area (Å²) in [5.74, 6) is 2.72. The summed E-state index contributed by atoms with van der Waals surface area (Å²) in [4.78, 5) is 19.4. The van der Waals surface area contributed by atoms with Crippen LogP contribution in [0.1, 0.15) is 51.9 Å². The molecule has 0 aromatic carbocycles. The molecule has 2 aliphatic rings. The zero-order chi connectivity index (χ0) is 17.2. The van der Waals surface area contributed by atoms with Crippen LogP contribution in [-0.2, 0) is 4.79 Å². The maximum atomic E-state index is 12.7. The maximum absolute atomic E-state index is 12.7. The van der Waals surface area contributed by atoms with Crippen LogP contribution in [0.25, 0.3) is 0 Å². The van der Waals surface area contributed by atoms with Crippen molar-refractivity contribution in [3.63, 3.8) is 0 Å². The van der Waals surface area contributed by atoms with Crippen molar-refractivity contribution in [1.29, 1.82) is 0 Å². The zero-order valence-corrected chi connectivity index (χ0v) is 16.2. The third kappa shape index (κ3) is 6.19. The van der Waals surface area contributed by atoms with Gasteiger partial charge < -0.3 is 15.5 Å². The molecule has 2 rings (SSSR count). The van der Waals surface area contributed by atoms with Crippen molar-refractivity contribution in [2.75, 3.05) is 38.2 Å². The van der Waals surface area contributed by atoms with Gasteiger partial charge in [0.25, 0.3) is 0 Å². The zero-order valence-electron chi connectivity index (χ0n) is 15.4. The van der Waals surface area contributed by atoms with Gasteiger partial charge in [-0.1, -0.05) is 19.3 Å². The first-order valence-corrected chi connectivity index (χ1v) is 11.0. The molecule has 0 spiro atoms. The predicted molar refractivity (Wildman–Crippen MR) is 104 cm³/mol. The molecule has 1 aliphatic heterocycles. The Morgan fingerprint density at radius 3 is 2.75 bits per heavy atom. The van der Waals surface area contributed by atoms with E-state index in [2.05, 4.69) is 33.7 Å². The molecule has 5 nitrogen and oxygen atoms in total. The summed E-state index contributed by atoms with van der Waals surface area (Å²) in [6, 6.07) is 0.330. The lowest BCUT2D eigenvalue weighted by atomic mass is 9.88. The van der Waals surface area contributed by atoms with Gasteiger partial charge in [-0.3, -0.25) is 9.79 Å². The lowest BCUT2D eigenvalue weighted by Crippen LogP contribution is -2.45. The third-order valence-electron chi connectivity index (χ3n) is 4.92. The van der Waals surface area contributed by atoms with Crippen LogP contribution in [0.15, 0.2) is 4.99 Å². The topological polar surface area (TPSA) is 56.7 Å². The van der Waals surface area contributed by atoms with E-state index in [0.717, 1.165) is 63.6 Å². The van der Waals surface area contributed by atoms with Gasteiger partial charge in [-0.25, -0.2) is 0 Å². The summed E-state index contributed by atoms with van der Waals surface area (Å²) in [6.07, 6.45) is 10.2. The first kappa shape index (κ1) is 19.4. The predicted octanol–water partition coefficient (Wildman–Crippen LogP) is 2.48. The van der Waals surface area contributed by atoms with Crippen molar-refractivity contribution in [2.45, 2.75) is 57.9 Å². The number of hydrogen-bond donors (Lipinski definition) is 2. The van der Waals surface area contributed by atoms with Gasteiger partial charge in [-0.15, -0.1) is 0 Å². The Bertz CT molecular complexity index is 410. The van der Waals surface area contributed by atoms with Gasteiger partial charge in [0.2, 0.25) is 5.91 Å². The average molecular weight is 355 g/mol. The van der Waals surface area contributed by atoms with Crippen LogP contribution >= 0.6 is 11.8 Å². The molecular formula is C18H34N4OS. The molecule has 1 unspecified atom stereocenters. The van der Waals surface area contributed by atoms with Crippen molar-refractivity contribution in [1.82, 2.24) is 15.5 Å². The van der Waals surface area contributed by atoms with Crippen molar-refractivity contribution in [3.05, 3.63) is 0 Å². The van der Waals surface area contributed by atoms with E-state index in [1.807, 2.05) is 11.8 Å². The Morgan fingerprint density at radius 1 is 1.25 bits per heavy atom. The number of aliphatic imine (C=N–C) groups is 1. The summed E-state index contributed by atoms with van der Waals surface area (Å²) in [7, 11) is 0. The highest BCUT2D eigenvalue weighted by Crippen LogP contribution is 2.26. The smallest absolute Gasteiger partial charge is 0.225 e. The Kier molecular flexibility index (Phi) is 8.78. The van der Waals surface area contributed by atoms with Gasteiger partial charge in [-0.05, 0) is 44.6 Å². The second kappa shape index (κ2) is 10.9. The molecule has 6 heteroatoms. The van der Waals surface area contributed by atoms with E-state index in [0.29, 0.717) is 11.9 Å². The molecule has 138 valence electrons. The van der Waals surface area contributed by atoms with E-state index >= 15 is 0 Å². The Balaban J connectivity index is 1.78. The fourth-order valence-electron chi connectivity index (χ4n) is 3.60. The van der Waals surface area contributed by atoms with E-state index in [-0.39, 0.29) is 5.92 Å². The molecule has 2 N–H and O–H groups in total. The molecule has 1 heterocycles. The van der Waals surface area contributed by atoms with E-state index in [1.54, 1.807) is 0 Å². The van der Waals surface area contributed by atoms with Crippen LogP contribution in [0.2, 0.25) is 0 Å². The van der Waals surface area contributed by atoms with Gasteiger partial charge in [0.15, 0.2) is 5.96 Å². The highest BCUT2D eigenvalue weighted by atomic mass is 32.2. The second-order valence-corrected chi connectivity index (χ2v) is 7.84. The fourth-order valence-corrected chi connectivity index (χ4v) is 4.02. The third-order valence-corrected chi connectivity index (χ3v) is 5.61. The van der Waals surface area contributed by atoms with Gasteiger partial charge in [0.05, 0.1) is 0 Å². The highest BCUT2D eigenvalue weighted by molar-refractivity contribution is 7.98. The molecule has 0 aromatic heterocycles. The molecule has 1 atom stereocenters.